The lowest BCUT2D eigenvalue weighted by Gasteiger charge is -2.37. The van der Waals surface area contributed by atoms with Gasteiger partial charge in [0.05, 0.1) is 39.0 Å². The molecule has 1 aromatic heterocycles. The van der Waals surface area contributed by atoms with E-state index in [9.17, 15) is 4.79 Å². The molecule has 3 aromatic rings. The number of aryl methyl sites for hydroxylation is 1. The minimum absolute atomic E-state index is 0.0381. The van der Waals surface area contributed by atoms with E-state index in [0.29, 0.717) is 12.1 Å². The molecule has 0 saturated carbocycles. The Labute approximate surface area is 171 Å². The highest BCUT2D eigenvalue weighted by Crippen LogP contribution is 2.15. The Bertz CT molecular complexity index is 899. The van der Waals surface area contributed by atoms with Crippen LogP contribution in [0.15, 0.2) is 77.4 Å². The van der Waals surface area contributed by atoms with E-state index in [2.05, 4.69) is 40.5 Å². The van der Waals surface area contributed by atoms with Gasteiger partial charge in [0.15, 0.2) is 11.8 Å². The second-order valence-electron chi connectivity index (χ2n) is 7.62. The molecule has 0 aliphatic carbocycles. The number of nitrogens with zero attached hydrogens (tertiary/aromatic N) is 1. The Morgan fingerprint density at radius 3 is 2.41 bits per heavy atom. The number of rotatable bonds is 6. The lowest BCUT2D eigenvalue weighted by molar-refractivity contribution is -0.932. The number of quaternary nitrogens is 1. The van der Waals surface area contributed by atoms with Gasteiger partial charge >= 0.3 is 0 Å². The number of benzene rings is 2. The smallest absolute Gasteiger partial charge is 0.251 e. The molecule has 0 spiro atoms. The first kappa shape index (κ1) is 19.3. The van der Waals surface area contributed by atoms with Crippen molar-refractivity contribution < 1.29 is 14.1 Å². The molecule has 0 bridgehead atoms. The average molecular weight is 391 g/mol. The first-order valence-electron chi connectivity index (χ1n) is 10.2. The second-order valence-corrected chi connectivity index (χ2v) is 7.62. The summed E-state index contributed by atoms with van der Waals surface area (Å²) >= 11 is 0. The molecule has 2 heterocycles. The van der Waals surface area contributed by atoms with Crippen molar-refractivity contribution in [2.45, 2.75) is 13.0 Å². The summed E-state index contributed by atoms with van der Waals surface area (Å²) < 4.78 is 5.73. The van der Waals surface area contributed by atoms with Crippen LogP contribution in [-0.2, 0) is 0 Å². The summed E-state index contributed by atoms with van der Waals surface area (Å²) in [5.41, 5.74) is 3.11. The summed E-state index contributed by atoms with van der Waals surface area (Å²) in [7, 11) is 0. The highest BCUT2D eigenvalue weighted by atomic mass is 16.3. The molecule has 0 unspecified atom stereocenters. The van der Waals surface area contributed by atoms with Crippen LogP contribution in [0, 0.1) is 6.92 Å². The number of hydrogen-bond donors (Lipinski definition) is 2. The molecular weight excluding hydrogens is 362 g/mol. The Morgan fingerprint density at radius 2 is 1.76 bits per heavy atom. The van der Waals surface area contributed by atoms with Gasteiger partial charge in [-0.15, -0.1) is 0 Å². The second kappa shape index (κ2) is 8.97. The van der Waals surface area contributed by atoms with Gasteiger partial charge in [-0.2, -0.15) is 0 Å². The van der Waals surface area contributed by atoms with Gasteiger partial charge < -0.3 is 19.5 Å². The number of anilines is 1. The molecule has 1 aliphatic rings. The highest BCUT2D eigenvalue weighted by molar-refractivity contribution is 5.94. The summed E-state index contributed by atoms with van der Waals surface area (Å²) in [4.78, 5) is 16.5. The third-order valence-electron chi connectivity index (χ3n) is 5.69. The predicted molar refractivity (Wildman–Crippen MR) is 114 cm³/mol. The molecule has 150 valence electrons. The maximum Gasteiger partial charge on any atom is 0.251 e. The SMILES string of the molecule is Cc1ccc(C(=O)NC[C@@H](c2ccco2)[NH+]2CCN(c3ccccc3)CC2)cc1. The van der Waals surface area contributed by atoms with Crippen LogP contribution < -0.4 is 15.1 Å². The number of hydrogen-bond acceptors (Lipinski definition) is 3. The van der Waals surface area contributed by atoms with E-state index in [1.54, 1.807) is 6.26 Å². The van der Waals surface area contributed by atoms with Crippen molar-refractivity contribution in [1.29, 1.82) is 0 Å². The fourth-order valence-corrected chi connectivity index (χ4v) is 3.98. The quantitative estimate of drug-likeness (QED) is 0.680. The molecule has 5 heteroatoms. The third-order valence-corrected chi connectivity index (χ3v) is 5.69. The van der Waals surface area contributed by atoms with Crippen molar-refractivity contribution in [2.24, 2.45) is 0 Å². The number of piperazine rings is 1. The molecule has 4 rings (SSSR count). The maximum atomic E-state index is 12.6. The van der Waals surface area contributed by atoms with Gasteiger partial charge in [0.2, 0.25) is 0 Å². The van der Waals surface area contributed by atoms with Gasteiger partial charge in [-0.25, -0.2) is 0 Å². The Morgan fingerprint density at radius 1 is 1.03 bits per heavy atom. The number of furan rings is 1. The molecular formula is C24H28N3O2+. The zero-order valence-electron chi connectivity index (χ0n) is 16.8. The van der Waals surface area contributed by atoms with Crippen molar-refractivity contribution in [1.82, 2.24) is 5.32 Å². The molecule has 1 aliphatic heterocycles. The standard InChI is InChI=1S/C24H27N3O2/c1-19-9-11-20(12-10-19)24(28)25-18-22(23-8-5-17-29-23)27-15-13-26(14-16-27)21-6-3-2-4-7-21/h2-12,17,22H,13-16,18H2,1H3,(H,25,28)/p+1/t22-/m0/s1. The topological polar surface area (TPSA) is 49.9 Å². The largest absolute Gasteiger partial charge is 0.463 e. The van der Waals surface area contributed by atoms with Gasteiger partial charge in [-0.3, -0.25) is 4.79 Å². The lowest BCUT2D eigenvalue weighted by Crippen LogP contribution is -3.15. The van der Waals surface area contributed by atoms with Gasteiger partial charge in [0, 0.05) is 11.3 Å². The van der Waals surface area contributed by atoms with Gasteiger partial charge in [0.1, 0.15) is 0 Å². The predicted octanol–water partition coefficient (Wildman–Crippen LogP) is 2.46. The summed E-state index contributed by atoms with van der Waals surface area (Å²) in [6.07, 6.45) is 1.71. The van der Waals surface area contributed by atoms with E-state index in [4.69, 9.17) is 4.42 Å². The Kier molecular flexibility index (Phi) is 5.96. The zero-order valence-corrected chi connectivity index (χ0v) is 16.8. The molecule has 29 heavy (non-hydrogen) atoms. The zero-order chi connectivity index (χ0) is 20.1. The minimum atomic E-state index is -0.0381. The van der Waals surface area contributed by atoms with Crippen LogP contribution in [0.1, 0.15) is 27.7 Å². The van der Waals surface area contributed by atoms with Crippen LogP contribution in [0.5, 0.6) is 0 Å². The minimum Gasteiger partial charge on any atom is -0.463 e. The van der Waals surface area contributed by atoms with E-state index >= 15 is 0 Å². The van der Waals surface area contributed by atoms with Crippen LogP contribution in [0.3, 0.4) is 0 Å². The number of carbonyl (C=O) groups excluding carboxylic acids is 1. The van der Waals surface area contributed by atoms with E-state index in [1.807, 2.05) is 43.3 Å². The van der Waals surface area contributed by atoms with E-state index in [0.717, 1.165) is 37.5 Å². The fraction of sp³-hybridized carbons (Fsp3) is 0.292. The lowest BCUT2D eigenvalue weighted by atomic mass is 10.1. The normalized spacial score (nSPS) is 15.8. The number of amides is 1. The Balaban J connectivity index is 1.40. The first-order chi connectivity index (χ1) is 14.2. The summed E-state index contributed by atoms with van der Waals surface area (Å²) in [6, 6.07) is 22.3. The van der Waals surface area contributed by atoms with Gasteiger partial charge in [0.25, 0.3) is 5.91 Å². The van der Waals surface area contributed by atoms with Gasteiger partial charge in [-0.05, 0) is 43.3 Å². The van der Waals surface area contributed by atoms with E-state index < -0.39 is 0 Å². The molecule has 5 nitrogen and oxygen atoms in total. The molecule has 1 saturated heterocycles. The van der Waals surface area contributed by atoms with Crippen molar-refractivity contribution in [3.63, 3.8) is 0 Å². The van der Waals surface area contributed by atoms with Crippen molar-refractivity contribution in [3.05, 3.63) is 89.9 Å². The molecule has 2 N–H and O–H groups in total. The van der Waals surface area contributed by atoms with Crippen molar-refractivity contribution >= 4 is 11.6 Å². The molecule has 1 fully saturated rings. The monoisotopic (exact) mass is 390 g/mol. The van der Waals surface area contributed by atoms with Crippen LogP contribution in [0.4, 0.5) is 5.69 Å². The number of carbonyl (C=O) groups is 1. The number of nitrogens with one attached hydrogen (secondary N) is 2. The van der Waals surface area contributed by atoms with E-state index in [1.165, 1.54) is 10.6 Å². The van der Waals surface area contributed by atoms with Crippen LogP contribution in [0.25, 0.3) is 0 Å². The third kappa shape index (κ3) is 4.69. The van der Waals surface area contributed by atoms with Crippen molar-refractivity contribution in [3.8, 4) is 0 Å². The maximum absolute atomic E-state index is 12.6. The molecule has 0 radical (unpaired) electrons. The molecule has 2 aromatic carbocycles. The highest BCUT2D eigenvalue weighted by Gasteiger charge is 2.31. The van der Waals surface area contributed by atoms with Crippen LogP contribution in [-0.4, -0.2) is 38.6 Å². The molecule has 1 amide bonds. The Hall–Kier alpha value is -3.05. The average Bonchev–Trinajstić information content (AvgIpc) is 3.30. The molecule has 1 atom stereocenters. The number of para-hydroxylation sites is 1. The van der Waals surface area contributed by atoms with Crippen LogP contribution >= 0.6 is 0 Å². The van der Waals surface area contributed by atoms with Crippen molar-refractivity contribution in [2.75, 3.05) is 37.6 Å². The fourth-order valence-electron chi connectivity index (χ4n) is 3.98. The van der Waals surface area contributed by atoms with Gasteiger partial charge in [-0.1, -0.05) is 35.9 Å². The first-order valence-corrected chi connectivity index (χ1v) is 10.2. The van der Waals surface area contributed by atoms with Crippen LogP contribution in [0.2, 0.25) is 0 Å². The van der Waals surface area contributed by atoms with E-state index in [-0.39, 0.29) is 11.9 Å². The summed E-state index contributed by atoms with van der Waals surface area (Å²) in [6.45, 7) is 6.56. The summed E-state index contributed by atoms with van der Waals surface area (Å²) in [5.74, 6) is 0.890. The summed E-state index contributed by atoms with van der Waals surface area (Å²) in [5, 5.41) is 3.11.